The van der Waals surface area contributed by atoms with E-state index in [0.717, 1.165) is 86.0 Å². The molecular formula is C32H36N2O4. The summed E-state index contributed by atoms with van der Waals surface area (Å²) in [6.07, 6.45) is 13.4. The number of nitrogen functional groups attached to an aromatic ring is 1. The molecule has 5 unspecified atom stereocenters. The number of nitrogens with zero attached hydrogens (tertiary/aromatic N) is 1. The van der Waals surface area contributed by atoms with E-state index in [4.69, 9.17) is 15.2 Å². The summed E-state index contributed by atoms with van der Waals surface area (Å²) < 4.78 is 12.3. The average molecular weight is 513 g/mol. The van der Waals surface area contributed by atoms with Crippen LogP contribution in [0.15, 0.2) is 63.8 Å². The van der Waals surface area contributed by atoms with Gasteiger partial charge in [-0.15, -0.1) is 0 Å². The van der Waals surface area contributed by atoms with Gasteiger partial charge in [0.1, 0.15) is 17.3 Å². The molecule has 1 aromatic heterocycles. The molecule has 5 aliphatic carbocycles. The number of ether oxygens (including phenoxy) is 2. The Labute approximate surface area is 224 Å². The van der Waals surface area contributed by atoms with E-state index in [1.807, 2.05) is 12.1 Å². The van der Waals surface area contributed by atoms with E-state index in [1.54, 1.807) is 6.20 Å². The number of hydrogen-bond donors (Lipinski definition) is 1. The third-order valence-electron chi connectivity index (χ3n) is 10.1. The Morgan fingerprint density at radius 1 is 1.13 bits per heavy atom. The van der Waals surface area contributed by atoms with E-state index in [9.17, 15) is 9.59 Å². The summed E-state index contributed by atoms with van der Waals surface area (Å²) in [5.41, 5.74) is 11.9. The number of unbranched alkanes of at least 4 members (excludes halogenated alkanes) is 1. The first-order valence-corrected chi connectivity index (χ1v) is 14.5. The van der Waals surface area contributed by atoms with Crippen LogP contribution in [0.1, 0.15) is 77.2 Å². The number of pyridine rings is 1. The van der Waals surface area contributed by atoms with Gasteiger partial charge in [0.05, 0.1) is 11.0 Å². The maximum atomic E-state index is 13.7. The number of aromatic nitrogens is 1. The number of cyclic esters (lactones) is 1. The number of anilines is 1. The number of carbonyl (C=O) groups is 2. The van der Waals surface area contributed by atoms with Gasteiger partial charge in [0.15, 0.2) is 0 Å². The fourth-order valence-electron chi connectivity index (χ4n) is 8.90. The predicted molar refractivity (Wildman–Crippen MR) is 143 cm³/mol. The highest BCUT2D eigenvalue weighted by Crippen LogP contribution is 2.71. The minimum Gasteiger partial charge on any atom is -0.427 e. The molecule has 1 saturated carbocycles. The number of esters is 2. The van der Waals surface area contributed by atoms with E-state index in [1.165, 1.54) is 16.7 Å². The van der Waals surface area contributed by atoms with Crippen molar-refractivity contribution in [3.8, 4) is 0 Å². The largest absolute Gasteiger partial charge is 0.427 e. The molecular weight excluding hydrogens is 476 g/mol. The van der Waals surface area contributed by atoms with Crippen molar-refractivity contribution >= 4 is 17.8 Å². The highest BCUT2D eigenvalue weighted by molar-refractivity contribution is 6.00. The van der Waals surface area contributed by atoms with Gasteiger partial charge in [-0.25, -0.2) is 14.6 Å². The molecule has 2 aliphatic heterocycles. The van der Waals surface area contributed by atoms with Crippen molar-refractivity contribution in [2.24, 2.45) is 29.1 Å². The predicted octanol–water partition coefficient (Wildman–Crippen LogP) is 6.11. The van der Waals surface area contributed by atoms with Crippen LogP contribution in [-0.4, -0.2) is 16.9 Å². The van der Waals surface area contributed by atoms with Gasteiger partial charge in [-0.3, -0.25) is 0 Å². The third kappa shape index (κ3) is 3.15. The van der Waals surface area contributed by atoms with E-state index in [-0.39, 0.29) is 23.8 Å². The second-order valence-electron chi connectivity index (χ2n) is 12.0. The summed E-state index contributed by atoms with van der Waals surface area (Å²) >= 11 is 0. The van der Waals surface area contributed by atoms with Crippen molar-refractivity contribution < 1.29 is 19.1 Å². The topological polar surface area (TPSA) is 91.5 Å². The highest BCUT2D eigenvalue weighted by atomic mass is 16.5. The number of rotatable bonds is 6. The first kappa shape index (κ1) is 23.9. The zero-order valence-electron chi connectivity index (χ0n) is 22.3. The normalized spacial score (nSPS) is 34.0. The number of nitrogens with two attached hydrogens (primary N) is 1. The van der Waals surface area contributed by atoms with Crippen LogP contribution in [0.2, 0.25) is 0 Å². The monoisotopic (exact) mass is 512 g/mol. The number of hydrogen-bond acceptors (Lipinski definition) is 6. The van der Waals surface area contributed by atoms with Crippen LogP contribution in [0.3, 0.4) is 0 Å². The van der Waals surface area contributed by atoms with Crippen LogP contribution < -0.4 is 5.73 Å². The molecule has 2 fully saturated rings. The number of carbonyl (C=O) groups excluding carboxylic acids is 2. The van der Waals surface area contributed by atoms with Crippen molar-refractivity contribution in [1.29, 1.82) is 0 Å². The minimum absolute atomic E-state index is 0.0608. The fraction of sp³-hybridized carbons (Fsp3) is 0.531. The Hall–Kier alpha value is -3.15. The summed E-state index contributed by atoms with van der Waals surface area (Å²) in [5.74, 6) is 2.58. The van der Waals surface area contributed by atoms with Gasteiger partial charge in [0.25, 0.3) is 0 Å². The lowest BCUT2D eigenvalue weighted by molar-refractivity contribution is -0.135. The second-order valence-corrected chi connectivity index (χ2v) is 12.0. The molecule has 1 spiro atoms. The van der Waals surface area contributed by atoms with Crippen molar-refractivity contribution in [1.82, 2.24) is 4.98 Å². The number of allylic oxidation sites excluding steroid dienone is 5. The highest BCUT2D eigenvalue weighted by Gasteiger charge is 2.69. The third-order valence-corrected chi connectivity index (χ3v) is 10.1. The zero-order chi connectivity index (χ0) is 26.2. The van der Waals surface area contributed by atoms with Crippen molar-refractivity contribution in [3.05, 3.63) is 69.4 Å². The summed E-state index contributed by atoms with van der Waals surface area (Å²) in [6, 6.07) is 3.91. The van der Waals surface area contributed by atoms with E-state index >= 15 is 0 Å². The summed E-state index contributed by atoms with van der Waals surface area (Å²) in [7, 11) is 0. The molecule has 2 N–H and O–H groups in total. The molecule has 5 atom stereocenters. The van der Waals surface area contributed by atoms with Gasteiger partial charge in [-0.2, -0.15) is 0 Å². The average Bonchev–Trinajstić information content (AvgIpc) is 3.40. The molecule has 7 aliphatic rings. The Balaban J connectivity index is 1.45. The Bertz CT molecular complexity index is 1380. The molecule has 1 saturated heterocycles. The van der Waals surface area contributed by atoms with Gasteiger partial charge in [0, 0.05) is 23.3 Å². The standard InChI is InChI=1S/C32H36N2O4/c1-3-5-7-23-32-12-10-20(21(28(32)31(36)37-23)14-17-11-13-34-24(33)15-17)22-16-19-9-8-18(6-4-2)29-25(19)26(27(22)32)30(35)38-29/h7,11,13,15,19-20,22,27H,3-6,8-10,12,14,16H2,1-2H3,(H2,33,34). The molecule has 2 bridgehead atoms. The lowest BCUT2D eigenvalue weighted by Gasteiger charge is -2.57. The Morgan fingerprint density at radius 3 is 2.79 bits per heavy atom. The lowest BCUT2D eigenvalue weighted by Crippen LogP contribution is -2.53. The van der Waals surface area contributed by atoms with Crippen LogP contribution in [0, 0.1) is 29.1 Å². The maximum Gasteiger partial charge on any atom is 0.340 e. The summed E-state index contributed by atoms with van der Waals surface area (Å²) in [6.45, 7) is 4.32. The molecule has 6 heteroatoms. The molecule has 6 nitrogen and oxygen atoms in total. The second kappa shape index (κ2) is 8.69. The fourth-order valence-corrected chi connectivity index (χ4v) is 8.90. The van der Waals surface area contributed by atoms with Crippen LogP contribution in [0.5, 0.6) is 0 Å². The van der Waals surface area contributed by atoms with Gasteiger partial charge in [-0.1, -0.05) is 32.3 Å². The van der Waals surface area contributed by atoms with Gasteiger partial charge >= 0.3 is 11.9 Å². The Kier molecular flexibility index (Phi) is 5.47. The molecule has 38 heavy (non-hydrogen) atoms. The molecule has 0 aromatic carbocycles. The minimum atomic E-state index is -0.580. The van der Waals surface area contributed by atoms with E-state index in [0.29, 0.717) is 24.1 Å². The van der Waals surface area contributed by atoms with Crippen LogP contribution >= 0.6 is 0 Å². The molecule has 198 valence electrons. The molecule has 3 heterocycles. The summed E-state index contributed by atoms with van der Waals surface area (Å²) in [4.78, 5) is 31.6. The molecule has 0 amide bonds. The SMILES string of the molecule is CCCC=C1OC(=O)C2=C(Cc3ccnc(N)c3)C3CCC12C1C2=C4C(=C(CCC)CCC4CC31)OC2=O. The first-order valence-electron chi connectivity index (χ1n) is 14.5. The van der Waals surface area contributed by atoms with Crippen LogP contribution in [-0.2, 0) is 25.5 Å². The molecule has 0 radical (unpaired) electrons. The van der Waals surface area contributed by atoms with Crippen molar-refractivity contribution in [2.45, 2.75) is 78.1 Å². The molecule has 1 aromatic rings. The van der Waals surface area contributed by atoms with E-state index in [2.05, 4.69) is 24.9 Å². The van der Waals surface area contributed by atoms with Gasteiger partial charge < -0.3 is 15.2 Å². The quantitative estimate of drug-likeness (QED) is 0.463. The van der Waals surface area contributed by atoms with Crippen molar-refractivity contribution in [2.75, 3.05) is 5.73 Å². The van der Waals surface area contributed by atoms with E-state index < -0.39 is 5.41 Å². The van der Waals surface area contributed by atoms with Gasteiger partial charge in [-0.05, 0) is 98.5 Å². The lowest BCUT2D eigenvalue weighted by atomic mass is 9.43. The zero-order valence-corrected chi connectivity index (χ0v) is 22.3. The Morgan fingerprint density at radius 2 is 2.00 bits per heavy atom. The van der Waals surface area contributed by atoms with Crippen LogP contribution in [0.4, 0.5) is 5.82 Å². The smallest absolute Gasteiger partial charge is 0.340 e. The van der Waals surface area contributed by atoms with Crippen molar-refractivity contribution in [3.63, 3.8) is 0 Å². The molecule has 8 rings (SSSR count). The summed E-state index contributed by atoms with van der Waals surface area (Å²) in [5, 5.41) is 0. The van der Waals surface area contributed by atoms with Gasteiger partial charge in [0.2, 0.25) is 0 Å². The maximum absolute atomic E-state index is 13.7. The number of fused-ring (bicyclic) bond motifs is 1. The first-order chi connectivity index (χ1) is 18.5. The van der Waals surface area contributed by atoms with Crippen LogP contribution in [0.25, 0.3) is 0 Å².